The van der Waals surface area contributed by atoms with E-state index in [9.17, 15) is 19.5 Å². The van der Waals surface area contributed by atoms with Crippen LogP contribution in [0.25, 0.3) is 0 Å². The fraction of sp³-hybridized carbons (Fsp3) is 0.635. The minimum atomic E-state index is -1.14. The SMILES string of the molecule is CC/C=C/C=C/C=C/CCCCCCCCCC(=O)OC(COCCC(C(=O)[O-])[N+](C)(C)C)COC(=O)CCCC/C=C/C/C=C/C/C=C/C/C=C/C/C=C/CCCCC. The lowest BCUT2D eigenvalue weighted by atomic mass is 10.1. The third-order valence-corrected chi connectivity index (χ3v) is 9.77. The van der Waals surface area contributed by atoms with Gasteiger partial charge < -0.3 is 28.6 Å². The Morgan fingerprint density at radius 1 is 0.533 bits per heavy atom. The van der Waals surface area contributed by atoms with Crippen molar-refractivity contribution in [2.75, 3.05) is 41.0 Å². The predicted molar refractivity (Wildman–Crippen MR) is 249 cm³/mol. The van der Waals surface area contributed by atoms with E-state index >= 15 is 0 Å². The monoisotopic (exact) mass is 836 g/mol. The highest BCUT2D eigenvalue weighted by Gasteiger charge is 2.25. The molecule has 0 aromatic rings. The quantitative estimate of drug-likeness (QED) is 0.0199. The molecule has 0 bridgehead atoms. The average Bonchev–Trinajstić information content (AvgIpc) is 3.21. The highest BCUT2D eigenvalue weighted by Crippen LogP contribution is 2.13. The summed E-state index contributed by atoms with van der Waals surface area (Å²) in [6, 6.07) is -0.741. The summed E-state index contributed by atoms with van der Waals surface area (Å²) in [6.07, 6.45) is 55.8. The van der Waals surface area contributed by atoms with Crippen molar-refractivity contribution in [3.05, 3.63) is 97.2 Å². The number of quaternary nitrogens is 1. The van der Waals surface area contributed by atoms with Crippen molar-refractivity contribution in [3.8, 4) is 0 Å². The van der Waals surface area contributed by atoms with E-state index in [-0.39, 0.29) is 49.1 Å². The molecule has 60 heavy (non-hydrogen) atoms. The number of carboxylic acids is 1. The van der Waals surface area contributed by atoms with E-state index in [0.29, 0.717) is 12.8 Å². The first-order valence-electron chi connectivity index (χ1n) is 23.3. The molecule has 0 N–H and O–H groups in total. The number of rotatable bonds is 40. The van der Waals surface area contributed by atoms with Gasteiger partial charge in [-0.05, 0) is 83.5 Å². The fourth-order valence-corrected chi connectivity index (χ4v) is 6.15. The van der Waals surface area contributed by atoms with Crippen molar-refractivity contribution in [1.82, 2.24) is 0 Å². The Balaban J connectivity index is 4.42. The molecular formula is C52H85NO7. The number of esters is 2. The Labute approximate surface area is 366 Å². The number of nitrogens with zero attached hydrogens (tertiary/aromatic N) is 1. The summed E-state index contributed by atoms with van der Waals surface area (Å²) in [6.45, 7) is 4.43. The third kappa shape index (κ3) is 39.7. The van der Waals surface area contributed by atoms with Crippen LogP contribution in [0.5, 0.6) is 0 Å². The average molecular weight is 836 g/mol. The number of allylic oxidation sites excluding steroid dienone is 16. The lowest BCUT2D eigenvalue weighted by Gasteiger charge is -2.34. The molecule has 0 saturated carbocycles. The van der Waals surface area contributed by atoms with Crippen LogP contribution in [-0.4, -0.2) is 75.5 Å². The first kappa shape index (κ1) is 56.2. The Bertz CT molecular complexity index is 1300. The van der Waals surface area contributed by atoms with Gasteiger partial charge in [-0.2, -0.15) is 0 Å². The zero-order chi connectivity index (χ0) is 44.2. The Kier molecular flexibility index (Phi) is 39.3. The summed E-state index contributed by atoms with van der Waals surface area (Å²) in [5, 5.41) is 11.6. The van der Waals surface area contributed by atoms with Crippen LogP contribution in [0, 0.1) is 0 Å². The number of unbranched alkanes of at least 4 members (excludes halogenated alkanes) is 12. The lowest BCUT2D eigenvalue weighted by Crippen LogP contribution is -2.55. The van der Waals surface area contributed by atoms with Crippen LogP contribution in [0.4, 0.5) is 0 Å². The maximum absolute atomic E-state index is 12.7. The second-order valence-corrected chi connectivity index (χ2v) is 16.3. The van der Waals surface area contributed by atoms with Gasteiger partial charge in [-0.15, -0.1) is 0 Å². The normalized spacial score (nSPS) is 13.8. The third-order valence-electron chi connectivity index (χ3n) is 9.77. The smallest absolute Gasteiger partial charge is 0.306 e. The molecule has 8 heteroatoms. The summed E-state index contributed by atoms with van der Waals surface area (Å²) in [7, 11) is 5.38. The van der Waals surface area contributed by atoms with Gasteiger partial charge in [-0.1, -0.05) is 156 Å². The van der Waals surface area contributed by atoms with Gasteiger partial charge in [0.15, 0.2) is 6.10 Å². The number of ether oxygens (including phenoxy) is 3. The van der Waals surface area contributed by atoms with E-state index in [1.54, 1.807) is 21.1 Å². The second-order valence-electron chi connectivity index (χ2n) is 16.3. The van der Waals surface area contributed by atoms with Gasteiger partial charge in [0, 0.05) is 19.3 Å². The molecule has 0 amide bonds. The number of carboxylic acid groups (broad SMARTS) is 1. The molecule has 0 aliphatic rings. The molecule has 8 nitrogen and oxygen atoms in total. The van der Waals surface area contributed by atoms with Gasteiger partial charge >= 0.3 is 11.9 Å². The molecule has 0 spiro atoms. The molecule has 0 radical (unpaired) electrons. The summed E-state index contributed by atoms with van der Waals surface area (Å²) in [5.74, 6) is -1.82. The van der Waals surface area contributed by atoms with Gasteiger partial charge in [-0.25, -0.2) is 0 Å². The molecule has 0 aromatic carbocycles. The molecular weight excluding hydrogens is 751 g/mol. The minimum absolute atomic E-state index is 0.0154. The van der Waals surface area contributed by atoms with Gasteiger partial charge in [0.25, 0.3) is 0 Å². The molecule has 0 saturated heterocycles. The van der Waals surface area contributed by atoms with Crippen LogP contribution in [0.1, 0.15) is 162 Å². The Hall–Kier alpha value is -3.75. The van der Waals surface area contributed by atoms with Crippen LogP contribution in [0.3, 0.4) is 0 Å². The van der Waals surface area contributed by atoms with Crippen molar-refractivity contribution in [2.24, 2.45) is 0 Å². The molecule has 0 rings (SSSR count). The van der Waals surface area contributed by atoms with Gasteiger partial charge in [-0.3, -0.25) is 9.59 Å². The van der Waals surface area contributed by atoms with E-state index in [0.717, 1.165) is 77.0 Å². The molecule has 0 fully saturated rings. The summed E-state index contributed by atoms with van der Waals surface area (Å²) in [5.41, 5.74) is 0. The van der Waals surface area contributed by atoms with E-state index in [1.165, 1.54) is 44.9 Å². The molecule has 0 aromatic heterocycles. The highest BCUT2D eigenvalue weighted by atomic mass is 16.6. The molecule has 2 atom stereocenters. The standard InChI is InChI=1S/C52H85NO7/c1-6-8-10-12-14-16-18-20-22-23-24-25-26-27-29-30-32-34-36-38-40-42-50(54)59-47-48(46-58-45-44-49(52(56)57)53(3,4)5)60-51(55)43-41-39-37-35-33-31-28-21-19-17-15-13-11-9-7-2/h9,11,13-17,19-20,22,24-25,27,29,32,34,48-49H,6-8,10,12,18,21,23,26,28,30-31,33,35-47H2,1-5H3/b11-9+,15-13+,16-14+,19-17+,22-20+,25-24+,29-27+,34-32+. The van der Waals surface area contributed by atoms with Crippen LogP contribution in [0.15, 0.2) is 97.2 Å². The van der Waals surface area contributed by atoms with Crippen LogP contribution in [0.2, 0.25) is 0 Å². The maximum atomic E-state index is 12.7. The number of hydrogen-bond acceptors (Lipinski definition) is 7. The lowest BCUT2D eigenvalue weighted by molar-refractivity contribution is -0.889. The maximum Gasteiger partial charge on any atom is 0.306 e. The van der Waals surface area contributed by atoms with Crippen molar-refractivity contribution in [3.63, 3.8) is 0 Å². The summed E-state index contributed by atoms with van der Waals surface area (Å²) >= 11 is 0. The molecule has 0 heterocycles. The minimum Gasteiger partial charge on any atom is -0.544 e. The first-order chi connectivity index (χ1) is 29.1. The Morgan fingerprint density at radius 2 is 1.00 bits per heavy atom. The molecule has 0 aliphatic heterocycles. The highest BCUT2D eigenvalue weighted by molar-refractivity contribution is 5.70. The number of carbonyl (C=O) groups is 3. The number of likely N-dealkylation sites (N-methyl/N-ethyl adjacent to an activating group) is 1. The van der Waals surface area contributed by atoms with E-state index in [1.807, 2.05) is 0 Å². The van der Waals surface area contributed by atoms with Crippen molar-refractivity contribution in [2.45, 2.75) is 174 Å². The second kappa shape index (κ2) is 42.0. The Morgan fingerprint density at radius 3 is 1.55 bits per heavy atom. The molecule has 2 unspecified atom stereocenters. The molecule has 340 valence electrons. The largest absolute Gasteiger partial charge is 0.544 e. The van der Waals surface area contributed by atoms with Gasteiger partial charge in [0.05, 0.1) is 40.3 Å². The van der Waals surface area contributed by atoms with Gasteiger partial charge in [0.2, 0.25) is 0 Å². The number of carbonyl (C=O) groups excluding carboxylic acids is 3. The fourth-order valence-electron chi connectivity index (χ4n) is 6.15. The molecule has 0 aliphatic carbocycles. The van der Waals surface area contributed by atoms with Crippen molar-refractivity contribution < 1.29 is 38.2 Å². The predicted octanol–water partition coefficient (Wildman–Crippen LogP) is 11.7. The topological polar surface area (TPSA) is 102 Å². The number of aliphatic carboxylic acids is 1. The first-order valence-corrected chi connectivity index (χ1v) is 23.3. The van der Waals surface area contributed by atoms with Crippen LogP contribution < -0.4 is 5.11 Å². The van der Waals surface area contributed by atoms with E-state index in [4.69, 9.17) is 14.2 Å². The van der Waals surface area contributed by atoms with Crippen molar-refractivity contribution >= 4 is 17.9 Å². The van der Waals surface area contributed by atoms with E-state index in [2.05, 4.69) is 111 Å². The zero-order valence-corrected chi connectivity index (χ0v) is 38.6. The van der Waals surface area contributed by atoms with Gasteiger partial charge in [0.1, 0.15) is 12.6 Å². The van der Waals surface area contributed by atoms with E-state index < -0.39 is 18.1 Å². The van der Waals surface area contributed by atoms with Crippen LogP contribution >= 0.6 is 0 Å². The van der Waals surface area contributed by atoms with Crippen molar-refractivity contribution in [1.29, 1.82) is 0 Å². The number of hydrogen-bond donors (Lipinski definition) is 0. The zero-order valence-electron chi connectivity index (χ0n) is 38.6. The summed E-state index contributed by atoms with van der Waals surface area (Å²) in [4.78, 5) is 36.9. The summed E-state index contributed by atoms with van der Waals surface area (Å²) < 4.78 is 17.1. The van der Waals surface area contributed by atoms with Crippen LogP contribution in [-0.2, 0) is 28.6 Å².